The molecule has 0 amide bonds. The molecule has 0 aliphatic rings. The second-order valence-corrected chi connectivity index (χ2v) is 4.69. The fraction of sp³-hybridized carbons (Fsp3) is 1.00. The normalized spacial score (nSPS) is 14.5. The average molecular weight is 187 g/mol. The second kappa shape index (κ2) is 6.39. The molecule has 1 unspecified atom stereocenters. The van der Waals surface area contributed by atoms with E-state index in [1.54, 1.807) is 7.11 Å². The van der Waals surface area contributed by atoms with E-state index in [4.69, 9.17) is 4.74 Å². The lowest BCUT2D eigenvalue weighted by atomic mass is 10.0. The van der Waals surface area contributed by atoms with Crippen LogP contribution in [0.4, 0.5) is 0 Å². The molecule has 1 atom stereocenters. The van der Waals surface area contributed by atoms with Crippen LogP contribution >= 0.6 is 0 Å². The highest BCUT2D eigenvalue weighted by Crippen LogP contribution is 2.09. The molecule has 0 bridgehead atoms. The van der Waals surface area contributed by atoms with Crippen molar-refractivity contribution in [2.45, 2.75) is 46.1 Å². The van der Waals surface area contributed by atoms with Gasteiger partial charge in [-0.15, -0.1) is 0 Å². The molecule has 2 nitrogen and oxygen atoms in total. The summed E-state index contributed by atoms with van der Waals surface area (Å²) in [7, 11) is 1.77. The first-order valence-electron chi connectivity index (χ1n) is 5.23. The van der Waals surface area contributed by atoms with Gasteiger partial charge in [0.25, 0.3) is 0 Å². The van der Waals surface area contributed by atoms with Gasteiger partial charge in [0.15, 0.2) is 0 Å². The van der Waals surface area contributed by atoms with Gasteiger partial charge in [0.1, 0.15) is 0 Å². The van der Waals surface area contributed by atoms with Crippen LogP contribution in [0.15, 0.2) is 0 Å². The van der Waals surface area contributed by atoms with Crippen LogP contribution < -0.4 is 5.32 Å². The first-order valence-corrected chi connectivity index (χ1v) is 5.23. The van der Waals surface area contributed by atoms with E-state index in [2.05, 4.69) is 33.0 Å². The monoisotopic (exact) mass is 187 g/mol. The highest BCUT2D eigenvalue weighted by molar-refractivity contribution is 4.72. The molecule has 0 aromatic heterocycles. The van der Waals surface area contributed by atoms with Gasteiger partial charge in [-0.05, 0) is 39.7 Å². The van der Waals surface area contributed by atoms with Gasteiger partial charge in [-0.1, -0.05) is 13.3 Å². The van der Waals surface area contributed by atoms with E-state index >= 15 is 0 Å². The highest BCUT2D eigenvalue weighted by atomic mass is 16.5. The predicted molar refractivity (Wildman–Crippen MR) is 58.0 cm³/mol. The Kier molecular flexibility index (Phi) is 6.35. The van der Waals surface area contributed by atoms with Crippen molar-refractivity contribution in [2.24, 2.45) is 5.92 Å². The van der Waals surface area contributed by atoms with Crippen molar-refractivity contribution in [3.63, 3.8) is 0 Å². The van der Waals surface area contributed by atoms with Gasteiger partial charge in [0.05, 0.1) is 0 Å². The third kappa shape index (κ3) is 8.26. The quantitative estimate of drug-likeness (QED) is 0.689. The smallest absolute Gasteiger partial charge is 0.0465 e. The van der Waals surface area contributed by atoms with Crippen LogP contribution in [0, 0.1) is 5.92 Å². The maximum atomic E-state index is 5.08. The number of methoxy groups -OCH3 is 1. The Balaban J connectivity index is 3.59. The Morgan fingerprint density at radius 1 is 1.31 bits per heavy atom. The van der Waals surface area contributed by atoms with Crippen LogP contribution in [-0.4, -0.2) is 25.8 Å². The third-order valence-electron chi connectivity index (χ3n) is 2.23. The second-order valence-electron chi connectivity index (χ2n) is 4.69. The third-order valence-corrected chi connectivity index (χ3v) is 2.23. The number of hydrogen-bond acceptors (Lipinski definition) is 2. The molecular formula is C11H25NO. The maximum absolute atomic E-state index is 5.08. The first-order chi connectivity index (χ1) is 5.99. The minimum absolute atomic E-state index is 0.237. The Morgan fingerprint density at radius 2 is 1.92 bits per heavy atom. The van der Waals surface area contributed by atoms with E-state index in [0.29, 0.717) is 0 Å². The standard InChI is InChI=1S/C11H25NO/c1-6-10(7-8-13-5)9-12-11(2,3)4/h10,12H,6-9H2,1-5H3. The van der Waals surface area contributed by atoms with Gasteiger partial charge in [0.2, 0.25) is 0 Å². The molecule has 1 N–H and O–H groups in total. The molecule has 0 saturated carbocycles. The van der Waals surface area contributed by atoms with Crippen molar-refractivity contribution in [1.82, 2.24) is 5.32 Å². The summed E-state index contributed by atoms with van der Waals surface area (Å²) in [6, 6.07) is 0. The van der Waals surface area contributed by atoms with Gasteiger partial charge >= 0.3 is 0 Å². The molecule has 0 aromatic rings. The number of ether oxygens (including phenoxy) is 1. The van der Waals surface area contributed by atoms with Crippen molar-refractivity contribution in [1.29, 1.82) is 0 Å². The predicted octanol–water partition coefficient (Wildman–Crippen LogP) is 2.44. The van der Waals surface area contributed by atoms with Gasteiger partial charge in [0, 0.05) is 19.3 Å². The van der Waals surface area contributed by atoms with Crippen LogP contribution in [-0.2, 0) is 4.74 Å². The van der Waals surface area contributed by atoms with Crippen LogP contribution in [0.2, 0.25) is 0 Å². The van der Waals surface area contributed by atoms with Crippen LogP contribution in [0.3, 0.4) is 0 Å². The zero-order chi connectivity index (χ0) is 10.3. The molecule has 0 spiro atoms. The largest absolute Gasteiger partial charge is 0.385 e. The zero-order valence-corrected chi connectivity index (χ0v) is 9.81. The van der Waals surface area contributed by atoms with Crippen molar-refractivity contribution in [2.75, 3.05) is 20.3 Å². The van der Waals surface area contributed by atoms with Crippen molar-refractivity contribution >= 4 is 0 Å². The molecule has 0 heterocycles. The molecule has 80 valence electrons. The minimum Gasteiger partial charge on any atom is -0.385 e. The summed E-state index contributed by atoms with van der Waals surface area (Å²) in [5, 5.41) is 3.53. The molecular weight excluding hydrogens is 162 g/mol. The van der Waals surface area contributed by atoms with Crippen LogP contribution in [0.1, 0.15) is 40.5 Å². The van der Waals surface area contributed by atoms with E-state index in [1.807, 2.05) is 0 Å². The number of rotatable bonds is 6. The van der Waals surface area contributed by atoms with Crippen molar-refractivity contribution in [3.05, 3.63) is 0 Å². The van der Waals surface area contributed by atoms with Gasteiger partial charge in [-0.25, -0.2) is 0 Å². The molecule has 0 aliphatic heterocycles. The summed E-state index contributed by atoms with van der Waals surface area (Å²) in [5.41, 5.74) is 0.237. The molecule has 0 saturated heterocycles. The SMILES string of the molecule is CCC(CCOC)CNC(C)(C)C. The lowest BCUT2D eigenvalue weighted by Gasteiger charge is -2.24. The Labute approximate surface area is 83.1 Å². The topological polar surface area (TPSA) is 21.3 Å². The Morgan fingerprint density at radius 3 is 2.31 bits per heavy atom. The fourth-order valence-electron chi connectivity index (χ4n) is 1.19. The van der Waals surface area contributed by atoms with E-state index in [0.717, 1.165) is 25.5 Å². The van der Waals surface area contributed by atoms with E-state index < -0.39 is 0 Å². The maximum Gasteiger partial charge on any atom is 0.0465 e. The summed E-state index contributed by atoms with van der Waals surface area (Å²) in [6.07, 6.45) is 2.39. The molecule has 0 radical (unpaired) electrons. The fourth-order valence-corrected chi connectivity index (χ4v) is 1.19. The van der Waals surface area contributed by atoms with Gasteiger partial charge in [-0.2, -0.15) is 0 Å². The van der Waals surface area contributed by atoms with E-state index in [9.17, 15) is 0 Å². The molecule has 0 aromatic carbocycles. The molecule has 13 heavy (non-hydrogen) atoms. The summed E-state index contributed by atoms with van der Waals surface area (Å²) in [4.78, 5) is 0. The summed E-state index contributed by atoms with van der Waals surface area (Å²) in [6.45, 7) is 10.8. The van der Waals surface area contributed by atoms with Crippen molar-refractivity contribution < 1.29 is 4.74 Å². The van der Waals surface area contributed by atoms with Gasteiger partial charge in [-0.3, -0.25) is 0 Å². The molecule has 0 fully saturated rings. The van der Waals surface area contributed by atoms with Gasteiger partial charge < -0.3 is 10.1 Å². The Hall–Kier alpha value is -0.0800. The summed E-state index contributed by atoms with van der Waals surface area (Å²) < 4.78 is 5.08. The number of nitrogens with one attached hydrogen (secondary N) is 1. The summed E-state index contributed by atoms with van der Waals surface area (Å²) in [5.74, 6) is 0.749. The van der Waals surface area contributed by atoms with Crippen molar-refractivity contribution in [3.8, 4) is 0 Å². The summed E-state index contributed by atoms with van der Waals surface area (Å²) >= 11 is 0. The minimum atomic E-state index is 0.237. The lowest BCUT2D eigenvalue weighted by molar-refractivity contribution is 0.173. The van der Waals surface area contributed by atoms with E-state index in [1.165, 1.54) is 6.42 Å². The number of hydrogen-bond donors (Lipinski definition) is 1. The molecule has 0 rings (SSSR count). The first kappa shape index (κ1) is 12.9. The van der Waals surface area contributed by atoms with E-state index in [-0.39, 0.29) is 5.54 Å². The Bertz CT molecular complexity index is 118. The molecule has 0 aliphatic carbocycles. The highest BCUT2D eigenvalue weighted by Gasteiger charge is 2.12. The van der Waals surface area contributed by atoms with Crippen LogP contribution in [0.25, 0.3) is 0 Å². The zero-order valence-electron chi connectivity index (χ0n) is 9.81. The lowest BCUT2D eigenvalue weighted by Crippen LogP contribution is -2.39. The average Bonchev–Trinajstić information content (AvgIpc) is 2.03. The molecule has 2 heteroatoms. The van der Waals surface area contributed by atoms with Crippen LogP contribution in [0.5, 0.6) is 0 Å².